The van der Waals surface area contributed by atoms with E-state index in [0.29, 0.717) is 0 Å². The highest BCUT2D eigenvalue weighted by Gasteiger charge is 2.13. The molecule has 20 heavy (non-hydrogen) atoms. The maximum absolute atomic E-state index is 3.46. The molecule has 0 radical (unpaired) electrons. The Labute approximate surface area is 120 Å². The molecule has 1 N–H and O–H groups in total. The average Bonchev–Trinajstić information content (AvgIpc) is 2.93. The molecule has 0 aliphatic carbocycles. The van der Waals surface area contributed by atoms with Gasteiger partial charge in [-0.25, -0.2) is 0 Å². The van der Waals surface area contributed by atoms with Crippen molar-refractivity contribution in [2.24, 2.45) is 0 Å². The lowest BCUT2D eigenvalue weighted by atomic mass is 9.96. The first kappa shape index (κ1) is 12.7. The summed E-state index contributed by atoms with van der Waals surface area (Å²) < 4.78 is 0. The van der Waals surface area contributed by atoms with Gasteiger partial charge in [0.25, 0.3) is 0 Å². The number of benzene rings is 2. The van der Waals surface area contributed by atoms with Crippen LogP contribution in [-0.4, -0.2) is 4.98 Å². The lowest BCUT2D eigenvalue weighted by molar-refractivity contribution is 1.15. The fourth-order valence-corrected chi connectivity index (χ4v) is 2.63. The molecule has 1 nitrogen and oxygen atoms in total. The zero-order valence-corrected chi connectivity index (χ0v) is 12.0. The molecule has 0 saturated carbocycles. The van der Waals surface area contributed by atoms with Crippen molar-refractivity contribution >= 4 is 0 Å². The average molecular weight is 261 g/mol. The largest absolute Gasteiger partial charge is 0.360 e. The third-order valence-electron chi connectivity index (χ3n) is 3.75. The fourth-order valence-electron chi connectivity index (χ4n) is 2.63. The Balaban J connectivity index is 2.17. The monoisotopic (exact) mass is 261 g/mol. The summed E-state index contributed by atoms with van der Waals surface area (Å²) in [6.07, 6.45) is 3.17. The van der Waals surface area contributed by atoms with Gasteiger partial charge in [0.05, 0.1) is 5.69 Å². The van der Waals surface area contributed by atoms with Crippen LogP contribution < -0.4 is 0 Å². The standard InChI is InChI=1S/C19H19N/c1-3-15-13-20-19(17-11-9-14(2)10-12-17)18(15)16-7-5-4-6-8-16/h4-13,20H,3H2,1-2H3. The van der Waals surface area contributed by atoms with Crippen LogP contribution >= 0.6 is 0 Å². The topological polar surface area (TPSA) is 15.8 Å². The predicted octanol–water partition coefficient (Wildman–Crippen LogP) is 5.22. The smallest absolute Gasteiger partial charge is 0.0536 e. The minimum Gasteiger partial charge on any atom is -0.360 e. The Morgan fingerprint density at radius 1 is 0.850 bits per heavy atom. The summed E-state index contributed by atoms with van der Waals surface area (Å²) in [6.45, 7) is 4.32. The van der Waals surface area contributed by atoms with E-state index in [-0.39, 0.29) is 0 Å². The van der Waals surface area contributed by atoms with Crippen molar-refractivity contribution in [3.63, 3.8) is 0 Å². The minimum atomic E-state index is 1.03. The summed E-state index contributed by atoms with van der Waals surface area (Å²) in [4.78, 5) is 3.46. The van der Waals surface area contributed by atoms with Gasteiger partial charge in [-0.15, -0.1) is 0 Å². The van der Waals surface area contributed by atoms with Gasteiger partial charge in [0, 0.05) is 11.8 Å². The Morgan fingerprint density at radius 2 is 1.55 bits per heavy atom. The second-order valence-corrected chi connectivity index (χ2v) is 5.15. The van der Waals surface area contributed by atoms with Crippen LogP contribution in [-0.2, 0) is 6.42 Å². The molecule has 0 atom stereocenters. The van der Waals surface area contributed by atoms with Crippen LogP contribution in [0.15, 0.2) is 60.8 Å². The molecule has 2 aromatic carbocycles. The van der Waals surface area contributed by atoms with Crippen LogP contribution in [0.1, 0.15) is 18.1 Å². The van der Waals surface area contributed by atoms with Gasteiger partial charge in [-0.05, 0) is 30.0 Å². The van der Waals surface area contributed by atoms with Crippen molar-refractivity contribution in [3.05, 3.63) is 71.9 Å². The minimum absolute atomic E-state index is 1.03. The van der Waals surface area contributed by atoms with Crippen molar-refractivity contribution in [1.29, 1.82) is 0 Å². The number of aromatic amines is 1. The summed E-state index contributed by atoms with van der Waals surface area (Å²) in [5, 5.41) is 0. The van der Waals surface area contributed by atoms with Gasteiger partial charge in [-0.3, -0.25) is 0 Å². The number of rotatable bonds is 3. The van der Waals surface area contributed by atoms with E-state index in [9.17, 15) is 0 Å². The number of aromatic nitrogens is 1. The van der Waals surface area contributed by atoms with E-state index >= 15 is 0 Å². The zero-order valence-electron chi connectivity index (χ0n) is 12.0. The molecule has 0 aliphatic rings. The van der Waals surface area contributed by atoms with Crippen LogP contribution in [0.2, 0.25) is 0 Å². The molecule has 0 unspecified atom stereocenters. The van der Waals surface area contributed by atoms with E-state index in [0.717, 1.165) is 6.42 Å². The third-order valence-corrected chi connectivity index (χ3v) is 3.75. The molecule has 3 rings (SSSR count). The second kappa shape index (κ2) is 5.38. The van der Waals surface area contributed by atoms with Crippen LogP contribution in [0, 0.1) is 6.92 Å². The third kappa shape index (κ3) is 2.27. The number of aryl methyl sites for hydroxylation is 2. The first-order valence-corrected chi connectivity index (χ1v) is 7.12. The lowest BCUT2D eigenvalue weighted by Gasteiger charge is -2.08. The van der Waals surface area contributed by atoms with Gasteiger partial charge < -0.3 is 4.98 Å². The molecule has 0 bridgehead atoms. The fraction of sp³-hybridized carbons (Fsp3) is 0.158. The summed E-state index contributed by atoms with van der Waals surface area (Å²) in [6, 6.07) is 19.3. The van der Waals surface area contributed by atoms with Crippen molar-refractivity contribution in [3.8, 4) is 22.4 Å². The van der Waals surface area contributed by atoms with Crippen LogP contribution in [0.25, 0.3) is 22.4 Å². The van der Waals surface area contributed by atoms with Crippen molar-refractivity contribution in [2.75, 3.05) is 0 Å². The Bertz CT molecular complexity index is 690. The van der Waals surface area contributed by atoms with Crippen molar-refractivity contribution in [1.82, 2.24) is 4.98 Å². The molecule has 0 aliphatic heterocycles. The number of H-pyrrole nitrogens is 1. The molecule has 1 aromatic heterocycles. The van der Waals surface area contributed by atoms with Gasteiger partial charge in [-0.2, -0.15) is 0 Å². The number of nitrogens with one attached hydrogen (secondary N) is 1. The number of hydrogen-bond acceptors (Lipinski definition) is 0. The van der Waals surface area contributed by atoms with Crippen LogP contribution in [0.4, 0.5) is 0 Å². The maximum Gasteiger partial charge on any atom is 0.0536 e. The van der Waals surface area contributed by atoms with Gasteiger partial charge >= 0.3 is 0 Å². The summed E-state index contributed by atoms with van der Waals surface area (Å²) >= 11 is 0. The van der Waals surface area contributed by atoms with Crippen LogP contribution in [0.5, 0.6) is 0 Å². The van der Waals surface area contributed by atoms with Gasteiger partial charge in [0.1, 0.15) is 0 Å². The molecule has 1 heterocycles. The molecule has 1 heteroatoms. The Hall–Kier alpha value is -2.28. The first-order chi connectivity index (χ1) is 9.79. The zero-order chi connectivity index (χ0) is 13.9. The first-order valence-electron chi connectivity index (χ1n) is 7.12. The highest BCUT2D eigenvalue weighted by Crippen LogP contribution is 2.34. The Morgan fingerprint density at radius 3 is 2.20 bits per heavy atom. The number of hydrogen-bond donors (Lipinski definition) is 1. The quantitative estimate of drug-likeness (QED) is 0.665. The second-order valence-electron chi connectivity index (χ2n) is 5.15. The molecule has 100 valence electrons. The van der Waals surface area contributed by atoms with Gasteiger partial charge in [0.15, 0.2) is 0 Å². The van der Waals surface area contributed by atoms with Crippen LogP contribution in [0.3, 0.4) is 0 Å². The molecule has 0 fully saturated rings. The molecule has 3 aromatic rings. The summed E-state index contributed by atoms with van der Waals surface area (Å²) in [5.41, 5.74) is 7.73. The summed E-state index contributed by atoms with van der Waals surface area (Å²) in [5.74, 6) is 0. The predicted molar refractivity (Wildman–Crippen MR) is 85.8 cm³/mol. The molecule has 0 saturated heterocycles. The lowest BCUT2D eigenvalue weighted by Crippen LogP contribution is -1.86. The van der Waals surface area contributed by atoms with Gasteiger partial charge in [0.2, 0.25) is 0 Å². The van der Waals surface area contributed by atoms with Crippen molar-refractivity contribution < 1.29 is 0 Å². The molecular weight excluding hydrogens is 242 g/mol. The highest BCUT2D eigenvalue weighted by atomic mass is 14.7. The van der Waals surface area contributed by atoms with Gasteiger partial charge in [-0.1, -0.05) is 67.1 Å². The normalized spacial score (nSPS) is 10.7. The summed E-state index contributed by atoms with van der Waals surface area (Å²) in [7, 11) is 0. The SMILES string of the molecule is CCc1c[nH]c(-c2ccc(C)cc2)c1-c1ccccc1. The Kier molecular flexibility index (Phi) is 3.42. The van der Waals surface area contributed by atoms with Crippen molar-refractivity contribution in [2.45, 2.75) is 20.3 Å². The van der Waals surface area contributed by atoms with E-state index in [4.69, 9.17) is 0 Å². The molecule has 0 amide bonds. The van der Waals surface area contributed by atoms with E-state index in [1.807, 2.05) is 0 Å². The van der Waals surface area contributed by atoms with E-state index in [1.54, 1.807) is 0 Å². The van der Waals surface area contributed by atoms with E-state index in [2.05, 4.69) is 79.6 Å². The van der Waals surface area contributed by atoms with E-state index in [1.165, 1.54) is 33.5 Å². The maximum atomic E-state index is 3.46. The molecule has 0 spiro atoms. The van der Waals surface area contributed by atoms with E-state index < -0.39 is 0 Å². The highest BCUT2D eigenvalue weighted by molar-refractivity contribution is 5.83. The molecular formula is C19H19N.